The van der Waals surface area contributed by atoms with Gasteiger partial charge in [-0.2, -0.15) is 0 Å². The highest BCUT2D eigenvalue weighted by Crippen LogP contribution is 2.36. The molecule has 1 aliphatic rings. The average molecular weight is 471 g/mol. The van der Waals surface area contributed by atoms with Crippen LogP contribution in [0.1, 0.15) is 42.2 Å². The van der Waals surface area contributed by atoms with Crippen molar-refractivity contribution in [1.82, 2.24) is 0 Å². The van der Waals surface area contributed by atoms with Gasteiger partial charge in [0, 0.05) is 12.5 Å². The zero-order valence-corrected chi connectivity index (χ0v) is 20.5. The molecule has 0 aliphatic carbocycles. The molecule has 0 radical (unpaired) electrons. The first kappa shape index (κ1) is 23.0. The first-order valence-corrected chi connectivity index (χ1v) is 12.2. The van der Waals surface area contributed by atoms with E-state index in [1.54, 1.807) is 0 Å². The molecule has 5 heteroatoms. The molecule has 2 heterocycles. The van der Waals surface area contributed by atoms with E-state index in [-0.39, 0.29) is 5.43 Å². The molecule has 5 nitrogen and oxygen atoms in total. The summed E-state index contributed by atoms with van der Waals surface area (Å²) in [5.74, 6) is 2.68. The third-order valence-electron chi connectivity index (χ3n) is 6.32. The van der Waals surface area contributed by atoms with E-state index in [0.717, 1.165) is 41.7 Å². The lowest BCUT2D eigenvalue weighted by atomic mass is 10.00. The van der Waals surface area contributed by atoms with E-state index >= 15 is 0 Å². The van der Waals surface area contributed by atoms with Crippen LogP contribution in [0.2, 0.25) is 0 Å². The average Bonchev–Trinajstić information content (AvgIpc) is 3.09. The van der Waals surface area contributed by atoms with Crippen LogP contribution in [0.15, 0.2) is 63.8 Å². The summed E-state index contributed by atoms with van der Waals surface area (Å²) >= 11 is 0. The van der Waals surface area contributed by atoms with Crippen LogP contribution < -0.4 is 19.6 Å². The minimum absolute atomic E-state index is 0.0549. The van der Waals surface area contributed by atoms with Crippen LogP contribution in [0.3, 0.4) is 0 Å². The van der Waals surface area contributed by atoms with Gasteiger partial charge in [-0.05, 0) is 55.2 Å². The molecule has 180 valence electrons. The SMILES string of the molecule is CCCc1cc2c(=O)c(-c3ccc4c(c3)OCCCO4)c(C)oc2cc1OCc1ccc(C)cc1. The summed E-state index contributed by atoms with van der Waals surface area (Å²) in [6.07, 6.45) is 2.58. The molecule has 0 N–H and O–H groups in total. The Balaban J connectivity index is 1.55. The summed E-state index contributed by atoms with van der Waals surface area (Å²) in [6, 6.07) is 17.7. The van der Waals surface area contributed by atoms with Crippen LogP contribution >= 0.6 is 0 Å². The predicted molar refractivity (Wildman–Crippen MR) is 138 cm³/mol. The number of ether oxygens (including phenoxy) is 3. The first-order chi connectivity index (χ1) is 17.0. The Labute approximate surface area is 205 Å². The Hall–Kier alpha value is -3.73. The zero-order valence-electron chi connectivity index (χ0n) is 20.5. The van der Waals surface area contributed by atoms with E-state index in [1.807, 2.05) is 37.3 Å². The number of rotatable bonds is 6. The van der Waals surface area contributed by atoms with Crippen LogP contribution in [0.5, 0.6) is 17.2 Å². The number of fused-ring (bicyclic) bond motifs is 2. The third-order valence-corrected chi connectivity index (χ3v) is 6.32. The normalized spacial score (nSPS) is 13.0. The molecule has 1 aliphatic heterocycles. The Morgan fingerprint density at radius 1 is 0.914 bits per heavy atom. The van der Waals surface area contributed by atoms with Gasteiger partial charge < -0.3 is 18.6 Å². The molecule has 3 aromatic carbocycles. The van der Waals surface area contributed by atoms with Crippen molar-refractivity contribution in [2.45, 2.75) is 46.6 Å². The fraction of sp³-hybridized carbons (Fsp3) is 0.300. The van der Waals surface area contributed by atoms with Crippen LogP contribution in [0.4, 0.5) is 0 Å². The number of benzene rings is 3. The molecule has 35 heavy (non-hydrogen) atoms. The molecule has 0 bridgehead atoms. The Bertz CT molecular complexity index is 1420. The van der Waals surface area contributed by atoms with Gasteiger partial charge in [0.2, 0.25) is 5.43 Å². The zero-order chi connectivity index (χ0) is 24.4. The molecule has 0 unspecified atom stereocenters. The molecule has 0 spiro atoms. The number of hydrogen-bond donors (Lipinski definition) is 0. The molecule has 0 amide bonds. The lowest BCUT2D eigenvalue weighted by molar-refractivity contribution is 0.297. The summed E-state index contributed by atoms with van der Waals surface area (Å²) in [5, 5.41) is 0.559. The van der Waals surface area contributed by atoms with Crippen molar-refractivity contribution in [3.63, 3.8) is 0 Å². The van der Waals surface area contributed by atoms with Crippen molar-refractivity contribution >= 4 is 11.0 Å². The van der Waals surface area contributed by atoms with Crippen LogP contribution in [0.25, 0.3) is 22.1 Å². The van der Waals surface area contributed by atoms with Crippen molar-refractivity contribution < 1.29 is 18.6 Å². The van der Waals surface area contributed by atoms with Gasteiger partial charge in [-0.1, -0.05) is 49.2 Å². The van der Waals surface area contributed by atoms with E-state index in [1.165, 1.54) is 5.56 Å². The summed E-state index contributed by atoms with van der Waals surface area (Å²) < 4.78 is 24.0. The van der Waals surface area contributed by atoms with E-state index in [2.05, 4.69) is 38.1 Å². The largest absolute Gasteiger partial charge is 0.490 e. The summed E-state index contributed by atoms with van der Waals surface area (Å²) in [4.78, 5) is 13.7. The maximum absolute atomic E-state index is 13.7. The fourth-order valence-electron chi connectivity index (χ4n) is 4.48. The van der Waals surface area contributed by atoms with Crippen LogP contribution in [-0.2, 0) is 13.0 Å². The van der Waals surface area contributed by atoms with E-state index in [4.69, 9.17) is 18.6 Å². The van der Waals surface area contributed by atoms with Gasteiger partial charge in [0.25, 0.3) is 0 Å². The molecule has 1 aromatic heterocycles. The summed E-state index contributed by atoms with van der Waals surface area (Å²) in [6.45, 7) is 7.69. The van der Waals surface area contributed by atoms with Crippen LogP contribution in [0, 0.1) is 13.8 Å². The lowest BCUT2D eigenvalue weighted by Gasteiger charge is -2.14. The van der Waals surface area contributed by atoms with E-state index in [9.17, 15) is 4.79 Å². The monoisotopic (exact) mass is 470 g/mol. The Kier molecular flexibility index (Phi) is 6.49. The fourth-order valence-corrected chi connectivity index (χ4v) is 4.48. The van der Waals surface area contributed by atoms with Gasteiger partial charge in [0.1, 0.15) is 23.7 Å². The van der Waals surface area contributed by atoms with Crippen molar-refractivity contribution in [2.24, 2.45) is 0 Å². The van der Waals surface area contributed by atoms with E-state index < -0.39 is 0 Å². The molecule has 0 atom stereocenters. The van der Waals surface area contributed by atoms with Gasteiger partial charge in [0.05, 0.1) is 24.2 Å². The van der Waals surface area contributed by atoms with Crippen molar-refractivity contribution in [2.75, 3.05) is 13.2 Å². The predicted octanol–water partition coefficient (Wildman–Crippen LogP) is 6.77. The van der Waals surface area contributed by atoms with Crippen molar-refractivity contribution in [3.05, 3.63) is 87.3 Å². The van der Waals surface area contributed by atoms with Gasteiger partial charge in [-0.3, -0.25) is 4.79 Å². The first-order valence-electron chi connectivity index (χ1n) is 12.2. The standard InChI is InChI=1S/C30H30O5/c1-4-6-22-15-24-27(17-26(22)34-18-21-9-7-19(2)8-10-21)35-20(3)29(30(24)31)23-11-12-25-28(16-23)33-14-5-13-32-25/h7-12,15-17H,4-6,13-14,18H2,1-3H3. The van der Waals surface area contributed by atoms with Gasteiger partial charge >= 0.3 is 0 Å². The van der Waals surface area contributed by atoms with Crippen molar-refractivity contribution in [3.8, 4) is 28.4 Å². The minimum Gasteiger partial charge on any atom is -0.490 e. The Morgan fingerprint density at radius 3 is 2.46 bits per heavy atom. The highest BCUT2D eigenvalue weighted by Gasteiger charge is 2.19. The Morgan fingerprint density at radius 2 is 1.69 bits per heavy atom. The number of aryl methyl sites for hydroxylation is 3. The molecule has 5 rings (SSSR count). The second-order valence-electron chi connectivity index (χ2n) is 9.05. The molecule has 0 fully saturated rings. The molecular formula is C30H30O5. The maximum Gasteiger partial charge on any atom is 0.200 e. The summed E-state index contributed by atoms with van der Waals surface area (Å²) in [5.41, 5.74) is 5.11. The minimum atomic E-state index is -0.0549. The molecular weight excluding hydrogens is 440 g/mol. The smallest absolute Gasteiger partial charge is 0.200 e. The van der Waals surface area contributed by atoms with Gasteiger partial charge in [-0.25, -0.2) is 0 Å². The number of hydrogen-bond acceptors (Lipinski definition) is 5. The highest BCUT2D eigenvalue weighted by molar-refractivity contribution is 5.85. The maximum atomic E-state index is 13.7. The van der Waals surface area contributed by atoms with Gasteiger partial charge in [-0.15, -0.1) is 0 Å². The topological polar surface area (TPSA) is 57.9 Å². The quantitative estimate of drug-likeness (QED) is 0.311. The second-order valence-corrected chi connectivity index (χ2v) is 9.05. The van der Waals surface area contributed by atoms with Crippen LogP contribution in [-0.4, -0.2) is 13.2 Å². The van der Waals surface area contributed by atoms with Gasteiger partial charge in [0.15, 0.2) is 11.5 Å². The summed E-state index contributed by atoms with van der Waals surface area (Å²) in [7, 11) is 0. The molecule has 0 saturated heterocycles. The van der Waals surface area contributed by atoms with E-state index in [0.29, 0.717) is 53.6 Å². The second kappa shape index (κ2) is 9.87. The lowest BCUT2D eigenvalue weighted by Crippen LogP contribution is -2.09. The molecule has 0 saturated carbocycles. The molecule has 4 aromatic rings. The third kappa shape index (κ3) is 4.76. The van der Waals surface area contributed by atoms with Crippen molar-refractivity contribution in [1.29, 1.82) is 0 Å². The highest BCUT2D eigenvalue weighted by atomic mass is 16.5.